The SMILES string of the molecule is C[C@H]1CC(C)(C)N(C)c2cc(Cl)c(/C=C3\C(=O)NC(=S)N(c4cccc(Cl)c4Cl)C3=O)cc21. The maximum absolute atomic E-state index is 13.4. The highest BCUT2D eigenvalue weighted by atomic mass is 35.5. The van der Waals surface area contributed by atoms with Crippen molar-refractivity contribution in [2.45, 2.75) is 38.6 Å². The summed E-state index contributed by atoms with van der Waals surface area (Å²) < 4.78 is 0. The number of fused-ring (bicyclic) bond motifs is 1. The Morgan fingerprint density at radius 3 is 2.52 bits per heavy atom. The third-order valence-corrected chi connectivity index (χ3v) is 7.75. The zero-order chi connectivity index (χ0) is 24.2. The summed E-state index contributed by atoms with van der Waals surface area (Å²) in [6.45, 7) is 6.55. The summed E-state index contributed by atoms with van der Waals surface area (Å²) in [6.07, 6.45) is 2.46. The van der Waals surface area contributed by atoms with E-state index in [1.807, 2.05) is 19.2 Å². The molecule has 33 heavy (non-hydrogen) atoms. The first-order chi connectivity index (χ1) is 15.4. The third kappa shape index (κ3) is 4.14. The standard InChI is InChI=1S/C24H22Cl3N3O2S/c1-12-11-24(2,3)29(4)19-10-17(26)13(8-14(12)19)9-15-21(31)28-23(33)30(22(15)32)18-7-5-6-16(25)20(18)27/h5-10,12H,11H2,1-4H3,(H,28,31,33)/b15-9+/t12-/m0/s1. The summed E-state index contributed by atoms with van der Waals surface area (Å²) in [5, 5.41) is 3.37. The number of carbonyl (C=O) groups is 2. The van der Waals surface area contributed by atoms with Crippen molar-refractivity contribution >= 4 is 81.4 Å². The highest BCUT2D eigenvalue weighted by Gasteiger charge is 2.37. The van der Waals surface area contributed by atoms with Gasteiger partial charge in [-0.05, 0) is 79.9 Å². The lowest BCUT2D eigenvalue weighted by Gasteiger charge is -2.45. The molecule has 2 aliphatic heterocycles. The van der Waals surface area contributed by atoms with Gasteiger partial charge in [-0.3, -0.25) is 19.8 Å². The van der Waals surface area contributed by atoms with Crippen molar-refractivity contribution in [2.75, 3.05) is 16.8 Å². The molecule has 1 N–H and O–H groups in total. The molecule has 0 saturated carbocycles. The molecule has 0 bridgehead atoms. The minimum Gasteiger partial charge on any atom is -0.369 e. The summed E-state index contributed by atoms with van der Waals surface area (Å²) in [5.41, 5.74) is 2.92. The zero-order valence-corrected chi connectivity index (χ0v) is 21.6. The molecular weight excluding hydrogens is 501 g/mol. The van der Waals surface area contributed by atoms with Crippen LogP contribution in [0.2, 0.25) is 15.1 Å². The lowest BCUT2D eigenvalue weighted by molar-refractivity contribution is -0.122. The number of thiocarbonyl (C=S) groups is 1. The molecule has 5 nitrogen and oxygen atoms in total. The molecule has 0 radical (unpaired) electrons. The molecule has 2 aromatic carbocycles. The number of nitrogens with zero attached hydrogens (tertiary/aromatic N) is 2. The van der Waals surface area contributed by atoms with E-state index >= 15 is 0 Å². The van der Waals surface area contributed by atoms with Crippen LogP contribution in [0.3, 0.4) is 0 Å². The fraction of sp³-hybridized carbons (Fsp3) is 0.292. The number of hydrogen-bond acceptors (Lipinski definition) is 4. The predicted molar refractivity (Wildman–Crippen MR) is 140 cm³/mol. The maximum Gasteiger partial charge on any atom is 0.270 e. The van der Waals surface area contributed by atoms with E-state index in [4.69, 9.17) is 47.0 Å². The van der Waals surface area contributed by atoms with Crippen LogP contribution in [0.25, 0.3) is 6.08 Å². The third-order valence-electron chi connectivity index (χ3n) is 6.33. The first-order valence-electron chi connectivity index (χ1n) is 10.3. The van der Waals surface area contributed by atoms with Gasteiger partial charge in [0.2, 0.25) is 0 Å². The first kappa shape index (κ1) is 24.0. The summed E-state index contributed by atoms with van der Waals surface area (Å²) >= 11 is 24.3. The molecule has 2 aliphatic rings. The van der Waals surface area contributed by atoms with E-state index in [2.05, 4.69) is 31.0 Å². The Morgan fingerprint density at radius 1 is 1.12 bits per heavy atom. The van der Waals surface area contributed by atoms with Crippen LogP contribution >= 0.6 is 47.0 Å². The van der Waals surface area contributed by atoms with Crippen LogP contribution in [0.15, 0.2) is 35.9 Å². The molecule has 1 atom stereocenters. The lowest BCUT2D eigenvalue weighted by atomic mass is 9.80. The van der Waals surface area contributed by atoms with E-state index in [1.54, 1.807) is 18.2 Å². The molecule has 1 fully saturated rings. The Balaban J connectivity index is 1.79. The van der Waals surface area contributed by atoms with Crippen LogP contribution in [0.5, 0.6) is 0 Å². The number of halogens is 3. The molecule has 1 saturated heterocycles. The van der Waals surface area contributed by atoms with Crippen molar-refractivity contribution < 1.29 is 9.59 Å². The summed E-state index contributed by atoms with van der Waals surface area (Å²) in [6, 6.07) is 8.71. The number of nitrogens with one attached hydrogen (secondary N) is 1. The topological polar surface area (TPSA) is 52.7 Å². The monoisotopic (exact) mass is 521 g/mol. The van der Waals surface area contributed by atoms with Crippen molar-refractivity contribution in [3.63, 3.8) is 0 Å². The highest BCUT2D eigenvalue weighted by Crippen LogP contribution is 2.44. The quantitative estimate of drug-likeness (QED) is 0.290. The van der Waals surface area contributed by atoms with Gasteiger partial charge in [0, 0.05) is 23.3 Å². The van der Waals surface area contributed by atoms with Gasteiger partial charge in [-0.2, -0.15) is 0 Å². The Hall–Kier alpha value is -2.12. The van der Waals surface area contributed by atoms with Gasteiger partial charge in [0.25, 0.3) is 11.8 Å². The van der Waals surface area contributed by atoms with Gasteiger partial charge in [0.05, 0.1) is 15.7 Å². The van der Waals surface area contributed by atoms with Crippen LogP contribution in [-0.4, -0.2) is 29.5 Å². The Morgan fingerprint density at radius 2 is 1.82 bits per heavy atom. The van der Waals surface area contributed by atoms with E-state index in [0.29, 0.717) is 16.3 Å². The van der Waals surface area contributed by atoms with Crippen LogP contribution in [0.4, 0.5) is 11.4 Å². The van der Waals surface area contributed by atoms with Crippen LogP contribution in [0.1, 0.15) is 44.2 Å². The smallest absolute Gasteiger partial charge is 0.270 e. The Labute approximate surface area is 213 Å². The van der Waals surface area contributed by atoms with E-state index in [-0.39, 0.29) is 32.2 Å². The summed E-state index contributed by atoms with van der Waals surface area (Å²) in [5.74, 6) is -0.918. The molecular formula is C24H22Cl3N3O2S. The minimum atomic E-state index is -0.604. The lowest BCUT2D eigenvalue weighted by Crippen LogP contribution is -2.54. The maximum atomic E-state index is 13.4. The normalized spacial score (nSPS) is 21.4. The second-order valence-electron chi connectivity index (χ2n) is 8.94. The van der Waals surface area contributed by atoms with Gasteiger partial charge < -0.3 is 4.90 Å². The molecule has 0 aromatic heterocycles. The Kier molecular flexibility index (Phi) is 6.25. The zero-order valence-electron chi connectivity index (χ0n) is 18.5. The fourth-order valence-electron chi connectivity index (χ4n) is 4.41. The highest BCUT2D eigenvalue weighted by molar-refractivity contribution is 7.80. The van der Waals surface area contributed by atoms with E-state index in [0.717, 1.165) is 17.7 Å². The molecule has 4 rings (SSSR count). The average molecular weight is 523 g/mol. The number of hydrogen-bond donors (Lipinski definition) is 1. The van der Waals surface area contributed by atoms with E-state index < -0.39 is 11.8 Å². The second kappa shape index (κ2) is 8.58. The van der Waals surface area contributed by atoms with Gasteiger partial charge >= 0.3 is 0 Å². The molecule has 0 spiro atoms. The molecule has 2 heterocycles. The van der Waals surface area contributed by atoms with Crippen molar-refractivity contribution in [3.05, 3.63) is 62.1 Å². The number of rotatable bonds is 2. The minimum absolute atomic E-state index is 0.0125. The molecule has 0 unspecified atom stereocenters. The van der Waals surface area contributed by atoms with Gasteiger partial charge in [0.15, 0.2) is 5.11 Å². The van der Waals surface area contributed by atoms with Crippen LogP contribution < -0.4 is 15.1 Å². The summed E-state index contributed by atoms with van der Waals surface area (Å²) in [7, 11) is 2.05. The van der Waals surface area contributed by atoms with Gasteiger partial charge in [0.1, 0.15) is 5.57 Å². The molecule has 2 amide bonds. The molecule has 0 aliphatic carbocycles. The van der Waals surface area contributed by atoms with Crippen molar-refractivity contribution in [2.24, 2.45) is 0 Å². The number of benzene rings is 2. The number of carbonyl (C=O) groups excluding carboxylic acids is 2. The van der Waals surface area contributed by atoms with Gasteiger partial charge in [-0.25, -0.2) is 0 Å². The molecule has 9 heteroatoms. The van der Waals surface area contributed by atoms with Crippen molar-refractivity contribution in [1.82, 2.24) is 5.32 Å². The Bertz CT molecular complexity index is 1240. The van der Waals surface area contributed by atoms with E-state index in [1.165, 1.54) is 11.0 Å². The first-order valence-corrected chi connectivity index (χ1v) is 11.9. The molecule has 172 valence electrons. The largest absolute Gasteiger partial charge is 0.369 e. The van der Waals surface area contributed by atoms with E-state index in [9.17, 15) is 9.59 Å². The van der Waals surface area contributed by atoms with Crippen LogP contribution in [0, 0.1) is 0 Å². The van der Waals surface area contributed by atoms with Crippen molar-refractivity contribution in [3.8, 4) is 0 Å². The van der Waals surface area contributed by atoms with Gasteiger partial charge in [-0.15, -0.1) is 0 Å². The molecule has 2 aromatic rings. The number of amides is 2. The average Bonchev–Trinajstić information content (AvgIpc) is 2.72. The predicted octanol–water partition coefficient (Wildman–Crippen LogP) is 6.20. The van der Waals surface area contributed by atoms with Crippen molar-refractivity contribution in [1.29, 1.82) is 0 Å². The fourth-order valence-corrected chi connectivity index (χ4v) is 5.28. The summed E-state index contributed by atoms with van der Waals surface area (Å²) in [4.78, 5) is 29.5. The van der Waals surface area contributed by atoms with Gasteiger partial charge in [-0.1, -0.05) is 47.8 Å². The number of anilines is 2. The van der Waals surface area contributed by atoms with Crippen LogP contribution in [-0.2, 0) is 9.59 Å². The second-order valence-corrected chi connectivity index (χ2v) is 10.5.